The van der Waals surface area contributed by atoms with Crippen molar-refractivity contribution >= 4 is 54.4 Å². The van der Waals surface area contributed by atoms with E-state index in [-0.39, 0.29) is 0 Å². The van der Waals surface area contributed by atoms with Crippen LogP contribution in [-0.2, 0) is 0 Å². The molecule has 3 heterocycles. The van der Waals surface area contributed by atoms with E-state index in [2.05, 4.69) is 221 Å². The molecule has 4 nitrogen and oxygen atoms in total. The number of hydrogen-bond acceptors (Lipinski definition) is 2. The topological polar surface area (TPSA) is 35.6 Å². The van der Waals surface area contributed by atoms with Crippen LogP contribution in [0.1, 0.15) is 0 Å². The van der Waals surface area contributed by atoms with Gasteiger partial charge in [-0.3, -0.25) is 0 Å². The largest absolute Gasteiger partial charge is 0.309 e. The predicted molar refractivity (Wildman–Crippen MR) is 250 cm³/mol. The highest BCUT2D eigenvalue weighted by Gasteiger charge is 2.23. The van der Waals surface area contributed by atoms with Crippen LogP contribution >= 0.6 is 0 Å². The number of aromatic nitrogens is 4. The summed E-state index contributed by atoms with van der Waals surface area (Å²) in [6.07, 6.45) is 0. The van der Waals surface area contributed by atoms with Crippen molar-refractivity contribution in [1.82, 2.24) is 19.1 Å². The Morgan fingerprint density at radius 1 is 0.333 bits per heavy atom. The summed E-state index contributed by atoms with van der Waals surface area (Å²) < 4.78 is 4.90. The van der Waals surface area contributed by atoms with Crippen molar-refractivity contribution in [3.63, 3.8) is 0 Å². The lowest BCUT2D eigenvalue weighted by atomic mass is 9.98. The number of fused-ring (bicyclic) bond motifs is 8. The number of rotatable bonds is 6. The average molecular weight is 765 g/mol. The van der Waals surface area contributed by atoms with Gasteiger partial charge in [0.15, 0.2) is 5.82 Å². The van der Waals surface area contributed by atoms with Gasteiger partial charge in [-0.15, -0.1) is 0 Å². The van der Waals surface area contributed by atoms with Crippen molar-refractivity contribution in [1.29, 1.82) is 0 Å². The first-order valence-electron chi connectivity index (χ1n) is 20.4. The van der Waals surface area contributed by atoms with Crippen LogP contribution in [0.2, 0.25) is 0 Å². The maximum absolute atomic E-state index is 5.47. The summed E-state index contributed by atoms with van der Waals surface area (Å²) in [6.45, 7) is 0. The molecule has 0 saturated heterocycles. The molecule has 9 aromatic carbocycles. The first-order valence-corrected chi connectivity index (χ1v) is 20.4. The smallest absolute Gasteiger partial charge is 0.161 e. The molecule has 0 atom stereocenters. The lowest BCUT2D eigenvalue weighted by Gasteiger charge is -2.16. The fourth-order valence-electron chi connectivity index (χ4n) is 9.25. The van der Waals surface area contributed by atoms with Gasteiger partial charge in [0.2, 0.25) is 0 Å². The van der Waals surface area contributed by atoms with Crippen LogP contribution in [0, 0.1) is 0 Å². The van der Waals surface area contributed by atoms with Gasteiger partial charge >= 0.3 is 0 Å². The normalized spacial score (nSPS) is 11.7. The van der Waals surface area contributed by atoms with E-state index in [1.807, 2.05) is 6.07 Å². The van der Waals surface area contributed by atoms with E-state index in [1.54, 1.807) is 0 Å². The molecule has 4 heteroatoms. The maximum Gasteiger partial charge on any atom is 0.161 e. The van der Waals surface area contributed by atoms with Gasteiger partial charge in [-0.05, 0) is 64.4 Å². The van der Waals surface area contributed by atoms with Crippen LogP contribution in [0.25, 0.3) is 111 Å². The van der Waals surface area contributed by atoms with Gasteiger partial charge in [0, 0.05) is 43.9 Å². The Bertz CT molecular complexity index is 3600. The molecule has 3 aromatic heterocycles. The fourth-order valence-corrected chi connectivity index (χ4v) is 9.25. The zero-order valence-corrected chi connectivity index (χ0v) is 32.6. The fraction of sp³-hybridized carbons (Fsp3) is 0. The van der Waals surface area contributed by atoms with Crippen LogP contribution in [0.5, 0.6) is 0 Å². The van der Waals surface area contributed by atoms with Crippen LogP contribution in [0.3, 0.4) is 0 Å². The van der Waals surface area contributed by atoms with E-state index < -0.39 is 0 Å². The summed E-state index contributed by atoms with van der Waals surface area (Å²) >= 11 is 0. The molecule has 0 aliphatic carbocycles. The molecular weight excluding hydrogens is 729 g/mol. The average Bonchev–Trinajstić information content (AvgIpc) is 3.85. The second kappa shape index (κ2) is 13.8. The molecule has 12 aromatic rings. The van der Waals surface area contributed by atoms with Crippen molar-refractivity contribution in [2.45, 2.75) is 0 Å². The van der Waals surface area contributed by atoms with Crippen molar-refractivity contribution in [3.8, 4) is 56.4 Å². The third-order valence-electron chi connectivity index (χ3n) is 11.9. The van der Waals surface area contributed by atoms with E-state index in [0.717, 1.165) is 61.6 Å². The lowest BCUT2D eigenvalue weighted by molar-refractivity contribution is 1.15. The van der Waals surface area contributed by atoms with Crippen molar-refractivity contribution < 1.29 is 0 Å². The van der Waals surface area contributed by atoms with Crippen molar-refractivity contribution in [3.05, 3.63) is 218 Å². The molecule has 12 rings (SSSR count). The minimum absolute atomic E-state index is 0.684. The molecule has 60 heavy (non-hydrogen) atoms. The molecular formula is C56H36N4. The Kier molecular flexibility index (Phi) is 7.82. The summed E-state index contributed by atoms with van der Waals surface area (Å²) in [6, 6.07) is 77.9. The van der Waals surface area contributed by atoms with Crippen LogP contribution in [0.15, 0.2) is 218 Å². The molecule has 0 N–H and O–H groups in total. The highest BCUT2D eigenvalue weighted by molar-refractivity contribution is 6.26. The Hall–Kier alpha value is -8.08. The van der Waals surface area contributed by atoms with Gasteiger partial charge < -0.3 is 9.13 Å². The van der Waals surface area contributed by atoms with Crippen molar-refractivity contribution in [2.24, 2.45) is 0 Å². The van der Waals surface area contributed by atoms with Gasteiger partial charge in [-0.2, -0.15) is 0 Å². The highest BCUT2D eigenvalue weighted by Crippen LogP contribution is 2.44. The zero-order chi connectivity index (χ0) is 39.6. The SMILES string of the molecule is c1ccc(-c2cc(-c3ccccc3-n3c4ccccc4c4ccc5c(c6ccccc6n5-c5ccc6ccccc6c5)c43)nc(-c3ccccc3-c3ccccc3)n2)cc1. The van der Waals surface area contributed by atoms with Gasteiger partial charge in [0.25, 0.3) is 0 Å². The van der Waals surface area contributed by atoms with Crippen LogP contribution in [0.4, 0.5) is 0 Å². The molecule has 0 amide bonds. The lowest BCUT2D eigenvalue weighted by Crippen LogP contribution is -2.01. The van der Waals surface area contributed by atoms with Gasteiger partial charge in [-0.1, -0.05) is 176 Å². The summed E-state index contributed by atoms with van der Waals surface area (Å²) in [4.78, 5) is 10.8. The second-order valence-electron chi connectivity index (χ2n) is 15.3. The second-order valence-corrected chi connectivity index (χ2v) is 15.3. The van der Waals surface area contributed by atoms with Crippen LogP contribution in [-0.4, -0.2) is 19.1 Å². The summed E-state index contributed by atoms with van der Waals surface area (Å²) in [5, 5.41) is 7.29. The Balaban J connectivity index is 1.15. The first-order chi connectivity index (χ1) is 29.8. The predicted octanol–water partition coefficient (Wildman–Crippen LogP) is 14.5. The summed E-state index contributed by atoms with van der Waals surface area (Å²) in [7, 11) is 0. The van der Waals surface area contributed by atoms with E-state index >= 15 is 0 Å². The Morgan fingerprint density at radius 2 is 0.933 bits per heavy atom. The van der Waals surface area contributed by atoms with E-state index in [9.17, 15) is 0 Å². The van der Waals surface area contributed by atoms with Crippen molar-refractivity contribution in [2.75, 3.05) is 0 Å². The Labute approximate surface area is 346 Å². The number of nitrogens with zero attached hydrogens (tertiary/aromatic N) is 4. The van der Waals surface area contributed by atoms with E-state index in [1.165, 1.54) is 43.4 Å². The molecule has 0 aliphatic rings. The molecule has 0 saturated carbocycles. The molecule has 0 aliphatic heterocycles. The number of para-hydroxylation sites is 3. The standard InChI is InChI=1S/C56H36N4/c1-3-18-38(19-4-1)42-23-9-10-25-45(42)56-57-48(39-20-5-2-6-21-39)36-49(58-56)46-26-12-15-29-51(46)60-50-28-14-11-24-43(50)44-33-34-53-54(55(44)60)47-27-13-16-30-52(47)59(53)41-32-31-37-17-7-8-22-40(37)35-41/h1-36H. The molecule has 280 valence electrons. The zero-order valence-electron chi connectivity index (χ0n) is 32.6. The maximum atomic E-state index is 5.47. The highest BCUT2D eigenvalue weighted by atomic mass is 15.0. The third kappa shape index (κ3) is 5.39. The molecule has 0 spiro atoms. The minimum atomic E-state index is 0.684. The third-order valence-corrected chi connectivity index (χ3v) is 11.9. The first kappa shape index (κ1) is 34.0. The van der Waals surface area contributed by atoms with E-state index in [4.69, 9.17) is 9.97 Å². The van der Waals surface area contributed by atoms with Gasteiger partial charge in [0.1, 0.15) is 0 Å². The molecule has 0 fully saturated rings. The molecule has 0 unspecified atom stereocenters. The number of hydrogen-bond donors (Lipinski definition) is 0. The molecule has 0 radical (unpaired) electrons. The minimum Gasteiger partial charge on any atom is -0.309 e. The number of benzene rings is 9. The molecule has 0 bridgehead atoms. The Morgan fingerprint density at radius 3 is 1.73 bits per heavy atom. The van der Waals surface area contributed by atoms with Gasteiger partial charge in [0.05, 0.1) is 39.1 Å². The monoisotopic (exact) mass is 764 g/mol. The summed E-state index contributed by atoms with van der Waals surface area (Å²) in [5.74, 6) is 0.684. The summed E-state index contributed by atoms with van der Waals surface area (Å²) in [5.41, 5.74) is 13.8. The van der Waals surface area contributed by atoms with Crippen LogP contribution < -0.4 is 0 Å². The van der Waals surface area contributed by atoms with E-state index in [0.29, 0.717) is 5.82 Å². The van der Waals surface area contributed by atoms with Gasteiger partial charge in [-0.25, -0.2) is 9.97 Å². The quantitative estimate of drug-likeness (QED) is 0.169.